The Morgan fingerprint density at radius 2 is 1.74 bits per heavy atom. The van der Waals surface area contributed by atoms with Gasteiger partial charge in [0.2, 0.25) is 17.7 Å². The molecule has 0 heterocycles. The number of phenolic OH excluding ortho intramolecular Hbond substituents is 1. The number of phenols is 1. The normalized spacial score (nSPS) is 12.8. The minimum atomic E-state index is -1.14. The van der Waals surface area contributed by atoms with Gasteiger partial charge < -0.3 is 31.1 Å². The van der Waals surface area contributed by atoms with E-state index < -0.39 is 35.6 Å². The standard InChI is InChI=1S/C28H46N4O6/c1-7-9-11-17-32(26(36)21(13-15-23(29)34)31-27(37)38-28(4,5)6)24(25(35)30-16-10-8-2)20-12-14-22(33)19(3)18-20/h12,14,18,21,24,33H,7-11,13,15-17H2,1-6H3,(H2,29,34)(H,30,35)(H,31,37). The van der Waals surface area contributed by atoms with Gasteiger partial charge in [0, 0.05) is 19.5 Å². The average molecular weight is 535 g/mol. The van der Waals surface area contributed by atoms with Crippen LogP contribution in [-0.4, -0.2) is 58.6 Å². The zero-order chi connectivity index (χ0) is 28.9. The topological polar surface area (TPSA) is 151 Å². The maximum Gasteiger partial charge on any atom is 0.408 e. The number of benzene rings is 1. The SMILES string of the molecule is CCCCCN(C(=O)C(CCC(N)=O)NC(=O)OC(C)(C)C)C(C(=O)NCCCC)c1ccc(O)c(C)c1. The Labute approximate surface area is 226 Å². The summed E-state index contributed by atoms with van der Waals surface area (Å²) in [6.07, 6.45) is 3.03. The molecule has 0 aliphatic heterocycles. The lowest BCUT2D eigenvalue weighted by Crippen LogP contribution is -2.53. The number of alkyl carbamates (subject to hydrolysis) is 1. The van der Waals surface area contributed by atoms with Crippen molar-refractivity contribution >= 4 is 23.8 Å². The smallest absolute Gasteiger partial charge is 0.408 e. The molecule has 10 nitrogen and oxygen atoms in total. The summed E-state index contributed by atoms with van der Waals surface area (Å²) in [5.41, 5.74) is 5.65. The van der Waals surface area contributed by atoms with Gasteiger partial charge in [-0.05, 0) is 70.2 Å². The van der Waals surface area contributed by atoms with E-state index in [2.05, 4.69) is 10.6 Å². The second-order valence-corrected chi connectivity index (χ2v) is 10.5. The Bertz CT molecular complexity index is 944. The van der Waals surface area contributed by atoms with Crippen molar-refractivity contribution in [1.82, 2.24) is 15.5 Å². The predicted octanol–water partition coefficient (Wildman–Crippen LogP) is 3.84. The fraction of sp³-hybridized carbons (Fsp3) is 0.643. The van der Waals surface area contributed by atoms with Crippen LogP contribution < -0.4 is 16.4 Å². The highest BCUT2D eigenvalue weighted by atomic mass is 16.6. The van der Waals surface area contributed by atoms with Gasteiger partial charge in [0.1, 0.15) is 23.4 Å². The highest BCUT2D eigenvalue weighted by Crippen LogP contribution is 2.28. The van der Waals surface area contributed by atoms with Crippen LogP contribution in [-0.2, 0) is 19.1 Å². The number of nitrogens with two attached hydrogens (primary N) is 1. The van der Waals surface area contributed by atoms with Gasteiger partial charge in [-0.3, -0.25) is 14.4 Å². The van der Waals surface area contributed by atoms with Crippen LogP contribution in [0.4, 0.5) is 4.79 Å². The first-order valence-electron chi connectivity index (χ1n) is 13.5. The Kier molecular flexibility index (Phi) is 13.6. The first-order chi connectivity index (χ1) is 17.8. The van der Waals surface area contributed by atoms with E-state index in [1.807, 2.05) is 13.8 Å². The monoisotopic (exact) mass is 534 g/mol. The van der Waals surface area contributed by atoms with Crippen molar-refractivity contribution < 1.29 is 29.0 Å². The molecule has 0 fully saturated rings. The van der Waals surface area contributed by atoms with Crippen LogP contribution in [0.5, 0.6) is 5.75 Å². The third-order valence-electron chi connectivity index (χ3n) is 5.88. The third kappa shape index (κ3) is 11.4. The maximum absolute atomic E-state index is 14.0. The molecule has 1 aromatic carbocycles. The van der Waals surface area contributed by atoms with Crippen LogP contribution in [0.2, 0.25) is 0 Å². The number of rotatable bonds is 15. The first-order valence-corrected chi connectivity index (χ1v) is 13.5. The number of carbonyl (C=O) groups is 4. The number of aryl methyl sites for hydroxylation is 1. The zero-order valence-electron chi connectivity index (χ0n) is 23.8. The summed E-state index contributed by atoms with van der Waals surface area (Å²) >= 11 is 0. The molecule has 0 saturated carbocycles. The second-order valence-electron chi connectivity index (χ2n) is 10.5. The van der Waals surface area contributed by atoms with E-state index in [9.17, 15) is 24.3 Å². The van der Waals surface area contributed by atoms with E-state index in [4.69, 9.17) is 10.5 Å². The Morgan fingerprint density at radius 3 is 2.29 bits per heavy atom. The van der Waals surface area contributed by atoms with E-state index >= 15 is 0 Å². The van der Waals surface area contributed by atoms with Crippen molar-refractivity contribution in [2.45, 2.75) is 104 Å². The molecule has 0 spiro atoms. The lowest BCUT2D eigenvalue weighted by Gasteiger charge is -2.34. The molecule has 0 radical (unpaired) electrons. The van der Waals surface area contributed by atoms with Gasteiger partial charge in [-0.25, -0.2) is 4.79 Å². The van der Waals surface area contributed by atoms with Gasteiger partial charge in [0.15, 0.2) is 0 Å². The highest BCUT2D eigenvalue weighted by Gasteiger charge is 2.36. The lowest BCUT2D eigenvalue weighted by molar-refractivity contribution is -0.142. The summed E-state index contributed by atoms with van der Waals surface area (Å²) in [5, 5.41) is 15.6. The third-order valence-corrected chi connectivity index (χ3v) is 5.88. The molecule has 1 rings (SSSR count). The molecule has 0 aliphatic rings. The van der Waals surface area contributed by atoms with Crippen LogP contribution in [0.3, 0.4) is 0 Å². The van der Waals surface area contributed by atoms with Crippen LogP contribution in [0.1, 0.15) is 96.7 Å². The molecule has 0 saturated heterocycles. The molecule has 10 heteroatoms. The maximum atomic E-state index is 14.0. The number of hydrogen-bond acceptors (Lipinski definition) is 6. The summed E-state index contributed by atoms with van der Waals surface area (Å²) in [7, 11) is 0. The number of ether oxygens (including phenoxy) is 1. The summed E-state index contributed by atoms with van der Waals surface area (Å²) in [4.78, 5) is 53.2. The fourth-order valence-electron chi connectivity index (χ4n) is 3.90. The molecule has 38 heavy (non-hydrogen) atoms. The molecule has 5 N–H and O–H groups in total. The summed E-state index contributed by atoms with van der Waals surface area (Å²) < 4.78 is 5.35. The number of nitrogens with zero attached hydrogens (tertiary/aromatic N) is 1. The van der Waals surface area contributed by atoms with Crippen molar-refractivity contribution in [3.8, 4) is 5.75 Å². The second kappa shape index (κ2) is 15.8. The van der Waals surface area contributed by atoms with Gasteiger partial charge in [-0.1, -0.05) is 39.2 Å². The minimum Gasteiger partial charge on any atom is -0.508 e. The molecule has 1 aromatic rings. The largest absolute Gasteiger partial charge is 0.508 e. The molecule has 214 valence electrons. The van der Waals surface area contributed by atoms with Crippen molar-refractivity contribution in [2.75, 3.05) is 13.1 Å². The molecule has 0 bridgehead atoms. The number of carbonyl (C=O) groups excluding carboxylic acids is 4. The van der Waals surface area contributed by atoms with Crippen molar-refractivity contribution in [3.05, 3.63) is 29.3 Å². The molecule has 0 aromatic heterocycles. The van der Waals surface area contributed by atoms with Gasteiger partial charge >= 0.3 is 6.09 Å². The number of hydrogen-bond donors (Lipinski definition) is 4. The van der Waals surface area contributed by atoms with Crippen LogP contribution in [0, 0.1) is 6.92 Å². The van der Waals surface area contributed by atoms with E-state index in [0.29, 0.717) is 24.1 Å². The lowest BCUT2D eigenvalue weighted by atomic mass is 9.99. The fourth-order valence-corrected chi connectivity index (χ4v) is 3.90. The minimum absolute atomic E-state index is 0.0452. The van der Waals surface area contributed by atoms with Crippen LogP contribution in [0.15, 0.2) is 18.2 Å². The molecular formula is C28H46N4O6. The Hall–Kier alpha value is -3.30. The number of unbranched alkanes of at least 4 members (excludes halogenated alkanes) is 3. The molecule has 0 aliphatic carbocycles. The number of primary amides is 1. The van der Waals surface area contributed by atoms with Gasteiger partial charge in [-0.15, -0.1) is 0 Å². The average Bonchev–Trinajstić information content (AvgIpc) is 2.81. The van der Waals surface area contributed by atoms with Gasteiger partial charge in [0.05, 0.1) is 0 Å². The van der Waals surface area contributed by atoms with Crippen LogP contribution >= 0.6 is 0 Å². The Morgan fingerprint density at radius 1 is 1.08 bits per heavy atom. The number of nitrogens with one attached hydrogen (secondary N) is 2. The van der Waals surface area contributed by atoms with E-state index in [0.717, 1.165) is 25.7 Å². The van der Waals surface area contributed by atoms with Crippen molar-refractivity contribution in [2.24, 2.45) is 5.73 Å². The molecule has 2 unspecified atom stereocenters. The summed E-state index contributed by atoms with van der Waals surface area (Å²) in [5.74, 6) is -1.42. The van der Waals surface area contributed by atoms with Crippen molar-refractivity contribution in [3.63, 3.8) is 0 Å². The van der Waals surface area contributed by atoms with Gasteiger partial charge in [0.25, 0.3) is 0 Å². The van der Waals surface area contributed by atoms with E-state index in [1.54, 1.807) is 39.8 Å². The summed E-state index contributed by atoms with van der Waals surface area (Å²) in [6, 6.07) is 2.65. The Balaban J connectivity index is 3.51. The number of aromatic hydroxyl groups is 1. The first kappa shape index (κ1) is 32.7. The van der Waals surface area contributed by atoms with Crippen LogP contribution in [0.25, 0.3) is 0 Å². The quantitative estimate of drug-likeness (QED) is 0.251. The van der Waals surface area contributed by atoms with Crippen molar-refractivity contribution in [1.29, 1.82) is 0 Å². The van der Waals surface area contributed by atoms with E-state index in [-0.39, 0.29) is 31.0 Å². The molecule has 4 amide bonds. The zero-order valence-corrected chi connectivity index (χ0v) is 23.8. The number of amides is 4. The molecular weight excluding hydrogens is 488 g/mol. The molecule has 2 atom stereocenters. The summed E-state index contributed by atoms with van der Waals surface area (Å²) in [6.45, 7) is 11.6. The van der Waals surface area contributed by atoms with Gasteiger partial charge in [-0.2, -0.15) is 0 Å². The predicted molar refractivity (Wildman–Crippen MR) is 146 cm³/mol. The highest BCUT2D eigenvalue weighted by molar-refractivity contribution is 5.92. The van der Waals surface area contributed by atoms with E-state index in [1.165, 1.54) is 11.0 Å².